The first-order valence-corrected chi connectivity index (χ1v) is 6.88. The van der Waals surface area contributed by atoms with Gasteiger partial charge in [-0.3, -0.25) is 0 Å². The van der Waals surface area contributed by atoms with E-state index < -0.39 is 5.60 Å². The van der Waals surface area contributed by atoms with Crippen LogP contribution in [-0.2, 0) is 6.54 Å². The van der Waals surface area contributed by atoms with E-state index >= 15 is 0 Å². The van der Waals surface area contributed by atoms with Crippen LogP contribution < -0.4 is 10.1 Å². The van der Waals surface area contributed by atoms with E-state index in [1.807, 2.05) is 0 Å². The number of aliphatic hydroxyl groups is 1. The Labute approximate surface area is 113 Å². The molecule has 0 aromatic heterocycles. The Bertz CT molecular complexity index is 417. The molecule has 0 radical (unpaired) electrons. The van der Waals surface area contributed by atoms with E-state index in [2.05, 4.69) is 5.32 Å². The lowest BCUT2D eigenvalue weighted by molar-refractivity contribution is 0.00462. The van der Waals surface area contributed by atoms with Gasteiger partial charge in [-0.2, -0.15) is 0 Å². The molecule has 4 heteroatoms. The second-order valence-corrected chi connectivity index (χ2v) is 5.35. The van der Waals surface area contributed by atoms with Gasteiger partial charge in [-0.25, -0.2) is 4.39 Å². The quantitative estimate of drug-likeness (QED) is 0.861. The van der Waals surface area contributed by atoms with Gasteiger partial charge in [-0.15, -0.1) is 0 Å². The van der Waals surface area contributed by atoms with Gasteiger partial charge < -0.3 is 15.2 Å². The summed E-state index contributed by atoms with van der Waals surface area (Å²) >= 11 is 0. The smallest absolute Gasteiger partial charge is 0.131 e. The van der Waals surface area contributed by atoms with Crippen LogP contribution in [0.4, 0.5) is 4.39 Å². The van der Waals surface area contributed by atoms with E-state index in [4.69, 9.17) is 4.74 Å². The van der Waals surface area contributed by atoms with Gasteiger partial charge >= 0.3 is 0 Å². The first-order chi connectivity index (χ1) is 9.13. The molecule has 1 aliphatic carbocycles. The third kappa shape index (κ3) is 3.91. The SMILES string of the molecule is COc1ccc(CNCC2(O)CCCCC2)c(F)c1. The molecule has 0 amide bonds. The van der Waals surface area contributed by atoms with Gasteiger partial charge in [0.1, 0.15) is 11.6 Å². The molecule has 0 heterocycles. The van der Waals surface area contributed by atoms with E-state index in [0.717, 1.165) is 25.7 Å². The zero-order valence-corrected chi connectivity index (χ0v) is 11.4. The summed E-state index contributed by atoms with van der Waals surface area (Å²) in [4.78, 5) is 0. The van der Waals surface area contributed by atoms with E-state index in [1.54, 1.807) is 12.1 Å². The van der Waals surface area contributed by atoms with Gasteiger partial charge in [0.05, 0.1) is 12.7 Å². The Hall–Kier alpha value is -1.13. The van der Waals surface area contributed by atoms with Crippen molar-refractivity contribution in [3.05, 3.63) is 29.6 Å². The molecule has 2 N–H and O–H groups in total. The molecule has 2 rings (SSSR count). The lowest BCUT2D eigenvalue weighted by Crippen LogP contribution is -2.41. The van der Waals surface area contributed by atoms with Crippen molar-refractivity contribution in [2.24, 2.45) is 0 Å². The fraction of sp³-hybridized carbons (Fsp3) is 0.600. The highest BCUT2D eigenvalue weighted by molar-refractivity contribution is 5.28. The zero-order valence-electron chi connectivity index (χ0n) is 11.4. The molecular weight excluding hydrogens is 245 g/mol. The van der Waals surface area contributed by atoms with Gasteiger partial charge in [0, 0.05) is 24.7 Å². The van der Waals surface area contributed by atoms with Gasteiger partial charge in [-0.05, 0) is 18.9 Å². The lowest BCUT2D eigenvalue weighted by atomic mass is 9.85. The number of nitrogens with one attached hydrogen (secondary N) is 1. The van der Waals surface area contributed by atoms with Crippen LogP contribution in [0.3, 0.4) is 0 Å². The number of rotatable bonds is 5. The highest BCUT2D eigenvalue weighted by Crippen LogP contribution is 2.27. The van der Waals surface area contributed by atoms with Crippen LogP contribution in [0.25, 0.3) is 0 Å². The van der Waals surface area contributed by atoms with Crippen LogP contribution >= 0.6 is 0 Å². The molecule has 1 aromatic carbocycles. The Morgan fingerprint density at radius 3 is 2.68 bits per heavy atom. The summed E-state index contributed by atoms with van der Waals surface area (Å²) in [6.45, 7) is 0.955. The van der Waals surface area contributed by atoms with Crippen molar-refractivity contribution in [2.45, 2.75) is 44.2 Å². The molecule has 1 aliphatic rings. The van der Waals surface area contributed by atoms with Crippen LogP contribution in [0.1, 0.15) is 37.7 Å². The van der Waals surface area contributed by atoms with E-state index in [-0.39, 0.29) is 5.82 Å². The third-order valence-corrected chi connectivity index (χ3v) is 3.81. The molecule has 0 bridgehead atoms. The first kappa shape index (κ1) is 14.3. The predicted octanol–water partition coefficient (Wildman–Crippen LogP) is 2.62. The second-order valence-electron chi connectivity index (χ2n) is 5.35. The van der Waals surface area contributed by atoms with E-state index in [1.165, 1.54) is 19.6 Å². The molecule has 0 saturated heterocycles. The van der Waals surface area contributed by atoms with Crippen LogP contribution in [-0.4, -0.2) is 24.4 Å². The number of ether oxygens (including phenoxy) is 1. The molecule has 1 aromatic rings. The molecule has 0 aliphatic heterocycles. The summed E-state index contributed by atoms with van der Waals surface area (Å²) in [6.07, 6.45) is 5.04. The average molecular weight is 267 g/mol. The molecule has 0 atom stereocenters. The average Bonchev–Trinajstić information content (AvgIpc) is 2.41. The summed E-state index contributed by atoms with van der Waals surface area (Å²) in [5.74, 6) is 0.245. The van der Waals surface area contributed by atoms with Crippen LogP contribution in [0.15, 0.2) is 18.2 Å². The number of hydrogen-bond acceptors (Lipinski definition) is 3. The molecular formula is C15H22FNO2. The minimum absolute atomic E-state index is 0.275. The molecule has 1 fully saturated rings. The maximum atomic E-state index is 13.7. The van der Waals surface area contributed by atoms with Gasteiger partial charge in [0.15, 0.2) is 0 Å². The molecule has 3 nitrogen and oxygen atoms in total. The maximum Gasteiger partial charge on any atom is 0.131 e. The Morgan fingerprint density at radius 1 is 1.32 bits per heavy atom. The predicted molar refractivity (Wildman–Crippen MR) is 72.7 cm³/mol. The Morgan fingerprint density at radius 2 is 2.05 bits per heavy atom. The van der Waals surface area contributed by atoms with Crippen molar-refractivity contribution in [3.8, 4) is 5.75 Å². The normalized spacial score (nSPS) is 18.3. The highest BCUT2D eigenvalue weighted by Gasteiger charge is 2.28. The first-order valence-electron chi connectivity index (χ1n) is 6.88. The van der Waals surface area contributed by atoms with E-state index in [9.17, 15) is 9.50 Å². The van der Waals surface area contributed by atoms with Crippen LogP contribution in [0, 0.1) is 5.82 Å². The van der Waals surface area contributed by atoms with Gasteiger partial charge in [0.2, 0.25) is 0 Å². The van der Waals surface area contributed by atoms with Crippen molar-refractivity contribution in [2.75, 3.05) is 13.7 Å². The summed E-state index contributed by atoms with van der Waals surface area (Å²) in [5.41, 5.74) is -0.0125. The minimum Gasteiger partial charge on any atom is -0.497 e. The molecule has 0 spiro atoms. The van der Waals surface area contributed by atoms with Crippen molar-refractivity contribution < 1.29 is 14.2 Å². The van der Waals surface area contributed by atoms with Crippen molar-refractivity contribution in [3.63, 3.8) is 0 Å². The third-order valence-electron chi connectivity index (χ3n) is 3.81. The number of benzene rings is 1. The summed E-state index contributed by atoms with van der Waals surface area (Å²) < 4.78 is 18.7. The lowest BCUT2D eigenvalue weighted by Gasteiger charge is -2.32. The van der Waals surface area contributed by atoms with Gasteiger partial charge in [-0.1, -0.05) is 25.3 Å². The monoisotopic (exact) mass is 267 g/mol. The largest absolute Gasteiger partial charge is 0.497 e. The molecule has 19 heavy (non-hydrogen) atoms. The number of hydrogen-bond donors (Lipinski definition) is 2. The van der Waals surface area contributed by atoms with Crippen LogP contribution in [0.5, 0.6) is 5.75 Å². The fourth-order valence-corrected chi connectivity index (χ4v) is 2.61. The summed E-state index contributed by atoms with van der Waals surface area (Å²) in [7, 11) is 1.52. The van der Waals surface area contributed by atoms with Gasteiger partial charge in [0.25, 0.3) is 0 Å². The van der Waals surface area contributed by atoms with Crippen molar-refractivity contribution in [1.29, 1.82) is 0 Å². The number of halogens is 1. The maximum absolute atomic E-state index is 13.7. The minimum atomic E-state index is -0.610. The summed E-state index contributed by atoms with van der Waals surface area (Å²) in [6, 6.07) is 4.84. The highest BCUT2D eigenvalue weighted by atomic mass is 19.1. The van der Waals surface area contributed by atoms with Crippen molar-refractivity contribution >= 4 is 0 Å². The van der Waals surface area contributed by atoms with Crippen molar-refractivity contribution in [1.82, 2.24) is 5.32 Å². The molecule has 106 valence electrons. The molecule has 0 unspecified atom stereocenters. The fourth-order valence-electron chi connectivity index (χ4n) is 2.61. The number of methoxy groups -OCH3 is 1. The summed E-state index contributed by atoms with van der Waals surface area (Å²) in [5, 5.41) is 13.5. The topological polar surface area (TPSA) is 41.5 Å². The standard InChI is InChI=1S/C15H22FNO2/c1-19-13-6-5-12(14(16)9-13)10-17-11-15(18)7-3-2-4-8-15/h5-6,9,17-18H,2-4,7-8,10-11H2,1H3. The van der Waals surface area contributed by atoms with Crippen LogP contribution in [0.2, 0.25) is 0 Å². The Kier molecular flexibility index (Phi) is 4.77. The Balaban J connectivity index is 1.85. The molecule has 1 saturated carbocycles. The zero-order chi connectivity index (χ0) is 13.7. The second kappa shape index (κ2) is 6.35. The van der Waals surface area contributed by atoms with E-state index in [0.29, 0.717) is 24.4 Å².